The van der Waals surface area contributed by atoms with Crippen molar-refractivity contribution in [3.63, 3.8) is 0 Å². The molecule has 32 heavy (non-hydrogen) atoms. The Bertz CT molecular complexity index is 1040. The lowest BCUT2D eigenvalue weighted by Crippen LogP contribution is -2.42. The highest BCUT2D eigenvalue weighted by Gasteiger charge is 2.41. The Morgan fingerprint density at radius 3 is 2.12 bits per heavy atom. The number of nitrogens with one attached hydrogen (secondary N) is 1. The van der Waals surface area contributed by atoms with E-state index in [0.29, 0.717) is 6.61 Å². The van der Waals surface area contributed by atoms with Crippen molar-refractivity contribution in [2.75, 3.05) is 5.32 Å². The summed E-state index contributed by atoms with van der Waals surface area (Å²) in [5.74, 6) is 0.996. The Morgan fingerprint density at radius 2 is 1.50 bits per heavy atom. The van der Waals surface area contributed by atoms with Crippen molar-refractivity contribution in [2.24, 2.45) is 0 Å². The van der Waals surface area contributed by atoms with Gasteiger partial charge in [0.15, 0.2) is 0 Å². The van der Waals surface area contributed by atoms with E-state index in [1.165, 1.54) is 12.0 Å². The van der Waals surface area contributed by atoms with Gasteiger partial charge in [-0.25, -0.2) is 0 Å². The Hall–Kier alpha value is -3.07. The number of anilines is 1. The lowest BCUT2D eigenvalue weighted by Gasteiger charge is -2.36. The van der Waals surface area contributed by atoms with Gasteiger partial charge in [-0.15, -0.1) is 0 Å². The number of hydrogen-bond acceptors (Lipinski definition) is 2. The fourth-order valence-electron chi connectivity index (χ4n) is 4.91. The summed E-state index contributed by atoms with van der Waals surface area (Å²) in [4.78, 5) is 13.7. The van der Waals surface area contributed by atoms with E-state index in [4.69, 9.17) is 4.74 Å². The third kappa shape index (κ3) is 4.72. The molecule has 0 heterocycles. The molecule has 1 saturated carbocycles. The number of benzene rings is 3. The Balaban J connectivity index is 1.54. The van der Waals surface area contributed by atoms with Crippen LogP contribution >= 0.6 is 0 Å². The van der Waals surface area contributed by atoms with Gasteiger partial charge in [-0.2, -0.15) is 0 Å². The first-order chi connectivity index (χ1) is 15.5. The van der Waals surface area contributed by atoms with Gasteiger partial charge >= 0.3 is 0 Å². The van der Waals surface area contributed by atoms with Crippen LogP contribution in [0.5, 0.6) is 5.75 Å². The Kier molecular flexibility index (Phi) is 6.64. The maximum absolute atomic E-state index is 13.7. The van der Waals surface area contributed by atoms with Crippen LogP contribution in [-0.4, -0.2) is 5.91 Å². The van der Waals surface area contributed by atoms with Crippen molar-refractivity contribution in [1.29, 1.82) is 0 Å². The maximum atomic E-state index is 13.7. The van der Waals surface area contributed by atoms with Crippen LogP contribution < -0.4 is 10.1 Å². The van der Waals surface area contributed by atoms with E-state index >= 15 is 0 Å². The zero-order valence-corrected chi connectivity index (χ0v) is 19.4. The summed E-state index contributed by atoms with van der Waals surface area (Å²) in [6.45, 7) is 6.70. The van der Waals surface area contributed by atoms with Crippen LogP contribution in [0.1, 0.15) is 59.9 Å². The molecule has 1 amide bonds. The summed E-state index contributed by atoms with van der Waals surface area (Å²) in [5, 5.41) is 3.25. The number of rotatable bonds is 6. The molecule has 3 aromatic rings. The van der Waals surface area contributed by atoms with Crippen molar-refractivity contribution in [2.45, 2.75) is 64.9 Å². The third-order valence-corrected chi connectivity index (χ3v) is 6.69. The number of ether oxygens (including phenoxy) is 1. The first-order valence-electron chi connectivity index (χ1n) is 11.6. The molecule has 3 heteroatoms. The monoisotopic (exact) mass is 427 g/mol. The van der Waals surface area contributed by atoms with Gasteiger partial charge in [0, 0.05) is 5.69 Å². The molecule has 4 rings (SSSR count). The van der Waals surface area contributed by atoms with Crippen molar-refractivity contribution in [3.8, 4) is 5.75 Å². The zero-order valence-electron chi connectivity index (χ0n) is 19.4. The van der Waals surface area contributed by atoms with E-state index in [1.54, 1.807) is 0 Å². The second kappa shape index (κ2) is 9.60. The molecule has 0 unspecified atom stereocenters. The van der Waals surface area contributed by atoms with E-state index in [-0.39, 0.29) is 5.91 Å². The summed E-state index contributed by atoms with van der Waals surface area (Å²) >= 11 is 0. The van der Waals surface area contributed by atoms with Crippen LogP contribution in [0.25, 0.3) is 0 Å². The molecule has 3 nitrogen and oxygen atoms in total. The molecule has 1 N–H and O–H groups in total. The largest absolute Gasteiger partial charge is 0.488 e. The van der Waals surface area contributed by atoms with Crippen LogP contribution in [-0.2, 0) is 16.8 Å². The molecule has 0 aromatic heterocycles. The topological polar surface area (TPSA) is 38.3 Å². The molecule has 0 saturated heterocycles. The van der Waals surface area contributed by atoms with Crippen molar-refractivity contribution in [3.05, 3.63) is 94.5 Å². The number of amides is 1. The van der Waals surface area contributed by atoms with Crippen molar-refractivity contribution >= 4 is 11.6 Å². The highest BCUT2D eigenvalue weighted by molar-refractivity contribution is 5.99. The lowest BCUT2D eigenvalue weighted by atomic mass is 9.68. The highest BCUT2D eigenvalue weighted by Crippen LogP contribution is 2.41. The Morgan fingerprint density at radius 1 is 0.875 bits per heavy atom. The first-order valence-corrected chi connectivity index (χ1v) is 11.6. The van der Waals surface area contributed by atoms with E-state index in [1.807, 2.05) is 44.2 Å². The number of carbonyl (C=O) groups excluding carboxylic acids is 1. The fraction of sp³-hybridized carbons (Fsp3) is 0.345. The van der Waals surface area contributed by atoms with Gasteiger partial charge < -0.3 is 10.1 Å². The molecule has 166 valence electrons. The Labute approximate surface area is 191 Å². The smallest absolute Gasteiger partial charge is 0.235 e. The summed E-state index contributed by atoms with van der Waals surface area (Å²) in [7, 11) is 0. The van der Waals surface area contributed by atoms with Gasteiger partial charge in [0.2, 0.25) is 5.91 Å². The molecule has 0 atom stereocenters. The maximum Gasteiger partial charge on any atom is 0.235 e. The normalized spacial score (nSPS) is 15.2. The predicted octanol–water partition coefficient (Wildman–Crippen LogP) is 7.03. The van der Waals surface area contributed by atoms with E-state index in [0.717, 1.165) is 59.4 Å². The lowest BCUT2D eigenvalue weighted by molar-refractivity contribution is -0.122. The molecular formula is C29H33NO2. The minimum atomic E-state index is -0.448. The fourth-order valence-corrected chi connectivity index (χ4v) is 4.91. The molecule has 1 aliphatic carbocycles. The minimum Gasteiger partial charge on any atom is -0.488 e. The second-order valence-corrected chi connectivity index (χ2v) is 9.18. The summed E-state index contributed by atoms with van der Waals surface area (Å²) in [5.41, 5.74) is 5.95. The van der Waals surface area contributed by atoms with Gasteiger partial charge in [0.1, 0.15) is 12.4 Å². The van der Waals surface area contributed by atoms with Gasteiger partial charge in [0.25, 0.3) is 0 Å². The molecule has 0 aliphatic heterocycles. The van der Waals surface area contributed by atoms with Crippen LogP contribution in [0.3, 0.4) is 0 Å². The van der Waals surface area contributed by atoms with Gasteiger partial charge in [-0.1, -0.05) is 79.4 Å². The van der Waals surface area contributed by atoms with E-state index in [9.17, 15) is 4.79 Å². The average Bonchev–Trinajstić information content (AvgIpc) is 2.80. The zero-order chi connectivity index (χ0) is 22.6. The molecule has 1 fully saturated rings. The SMILES string of the molecule is Cc1ccc(C2(C(=O)Nc3cc(C)c(OCc4ccccc4)c(C)c3)CCCCC2)cc1. The van der Waals surface area contributed by atoms with Gasteiger partial charge in [0.05, 0.1) is 5.41 Å². The van der Waals surface area contributed by atoms with Crippen LogP contribution in [0, 0.1) is 20.8 Å². The number of carbonyl (C=O) groups is 1. The minimum absolute atomic E-state index is 0.109. The molecular weight excluding hydrogens is 394 g/mol. The van der Waals surface area contributed by atoms with Crippen molar-refractivity contribution in [1.82, 2.24) is 0 Å². The quantitative estimate of drug-likeness (QED) is 0.458. The molecule has 0 bridgehead atoms. The van der Waals surface area contributed by atoms with Gasteiger partial charge in [-0.3, -0.25) is 4.79 Å². The summed E-state index contributed by atoms with van der Waals surface area (Å²) in [6.07, 6.45) is 5.18. The van der Waals surface area contributed by atoms with Crippen LogP contribution in [0.15, 0.2) is 66.7 Å². The second-order valence-electron chi connectivity index (χ2n) is 9.18. The van der Waals surface area contributed by atoms with Crippen molar-refractivity contribution < 1.29 is 9.53 Å². The molecule has 0 radical (unpaired) electrons. The average molecular weight is 428 g/mol. The standard InChI is InChI=1S/C29H33NO2/c1-21-12-14-25(15-13-21)29(16-8-5-9-17-29)28(31)30-26-18-22(2)27(23(3)19-26)32-20-24-10-6-4-7-11-24/h4,6-7,10-15,18-19H,5,8-9,16-17,20H2,1-3H3,(H,30,31). The number of aryl methyl sites for hydroxylation is 3. The highest BCUT2D eigenvalue weighted by atomic mass is 16.5. The van der Waals surface area contributed by atoms with E-state index in [2.05, 4.69) is 48.6 Å². The molecule has 1 aliphatic rings. The summed E-state index contributed by atoms with van der Waals surface area (Å²) in [6, 6.07) is 22.7. The van der Waals surface area contributed by atoms with E-state index < -0.39 is 5.41 Å². The predicted molar refractivity (Wildman–Crippen MR) is 131 cm³/mol. The van der Waals surface area contributed by atoms with Crippen LogP contribution in [0.4, 0.5) is 5.69 Å². The third-order valence-electron chi connectivity index (χ3n) is 6.69. The van der Waals surface area contributed by atoms with Crippen LogP contribution in [0.2, 0.25) is 0 Å². The molecule has 0 spiro atoms. The first kappa shape index (κ1) is 22.1. The summed E-state index contributed by atoms with van der Waals surface area (Å²) < 4.78 is 6.12. The number of hydrogen-bond donors (Lipinski definition) is 1. The molecule has 3 aromatic carbocycles. The van der Waals surface area contributed by atoms with Gasteiger partial charge in [-0.05, 0) is 68.0 Å².